The first-order valence-electron chi connectivity index (χ1n) is 9.02. The van der Waals surface area contributed by atoms with E-state index in [1.54, 1.807) is 0 Å². The number of benzene rings is 2. The fourth-order valence-electron chi connectivity index (χ4n) is 2.75. The molecule has 0 bridgehead atoms. The van der Waals surface area contributed by atoms with Gasteiger partial charge in [0, 0.05) is 5.56 Å². The van der Waals surface area contributed by atoms with Crippen LogP contribution >= 0.6 is 0 Å². The van der Waals surface area contributed by atoms with Crippen molar-refractivity contribution in [3.05, 3.63) is 76.2 Å². The lowest BCUT2D eigenvalue weighted by molar-refractivity contribution is -0.137. The van der Waals surface area contributed by atoms with Crippen molar-refractivity contribution < 1.29 is 35.9 Å². The Morgan fingerprint density at radius 1 is 1.10 bits per heavy atom. The first-order valence-corrected chi connectivity index (χ1v) is 9.02. The van der Waals surface area contributed by atoms with E-state index >= 15 is 0 Å². The number of hydrogen-bond donors (Lipinski definition) is 1. The van der Waals surface area contributed by atoms with Crippen LogP contribution in [0.25, 0.3) is 0 Å². The third kappa shape index (κ3) is 5.19. The SMILES string of the molecule is Cc1cc(Oc2nc(C(=O)N[C@H](C)c3cc(F)c(C)c(F)c3)co2)cc(C(F)(F)F)c1. The number of ether oxygens (including phenoxy) is 1. The van der Waals surface area contributed by atoms with Gasteiger partial charge in [0.25, 0.3) is 5.91 Å². The van der Waals surface area contributed by atoms with Crippen molar-refractivity contribution in [1.82, 2.24) is 10.3 Å². The minimum atomic E-state index is -4.56. The van der Waals surface area contributed by atoms with Crippen LogP contribution in [0.5, 0.6) is 11.8 Å². The lowest BCUT2D eigenvalue weighted by atomic mass is 10.1. The van der Waals surface area contributed by atoms with E-state index in [1.807, 2.05) is 0 Å². The van der Waals surface area contributed by atoms with E-state index in [9.17, 15) is 26.7 Å². The molecule has 0 spiro atoms. The van der Waals surface area contributed by atoms with E-state index < -0.39 is 41.4 Å². The molecule has 31 heavy (non-hydrogen) atoms. The number of nitrogens with zero attached hydrogens (tertiary/aromatic N) is 1. The maximum atomic E-state index is 13.7. The Balaban J connectivity index is 1.72. The molecule has 5 nitrogen and oxygen atoms in total. The lowest BCUT2D eigenvalue weighted by Crippen LogP contribution is -2.27. The summed E-state index contributed by atoms with van der Waals surface area (Å²) >= 11 is 0. The van der Waals surface area contributed by atoms with E-state index in [1.165, 1.54) is 26.8 Å². The van der Waals surface area contributed by atoms with Gasteiger partial charge in [-0.3, -0.25) is 4.79 Å². The number of nitrogens with one attached hydrogen (secondary N) is 1. The fourth-order valence-corrected chi connectivity index (χ4v) is 2.75. The summed E-state index contributed by atoms with van der Waals surface area (Å²) < 4.78 is 76.5. The largest absolute Gasteiger partial charge is 0.416 e. The van der Waals surface area contributed by atoms with Crippen LogP contribution in [0.1, 0.15) is 45.7 Å². The zero-order chi connectivity index (χ0) is 22.9. The minimum absolute atomic E-state index is 0.134. The van der Waals surface area contributed by atoms with Crippen molar-refractivity contribution in [2.24, 2.45) is 0 Å². The van der Waals surface area contributed by atoms with E-state index in [4.69, 9.17) is 9.15 Å². The highest BCUT2D eigenvalue weighted by molar-refractivity contribution is 5.92. The van der Waals surface area contributed by atoms with Crippen molar-refractivity contribution >= 4 is 5.91 Å². The number of rotatable bonds is 5. The lowest BCUT2D eigenvalue weighted by Gasteiger charge is -2.14. The summed E-state index contributed by atoms with van der Waals surface area (Å²) in [7, 11) is 0. The van der Waals surface area contributed by atoms with Crippen molar-refractivity contribution in [2.45, 2.75) is 33.0 Å². The standard InChI is InChI=1S/C21H17F5N2O3/c1-10-4-14(21(24,25)26)8-15(5-10)31-20-28-18(9-30-20)19(29)27-12(3)13-6-16(22)11(2)17(23)7-13/h4-9,12H,1-3H3,(H,27,29)/t12-/m1/s1. The van der Waals surface area contributed by atoms with Gasteiger partial charge >= 0.3 is 12.3 Å². The third-order valence-corrected chi connectivity index (χ3v) is 4.45. The number of aromatic nitrogens is 1. The summed E-state index contributed by atoms with van der Waals surface area (Å²) in [5.74, 6) is -2.39. The molecule has 0 aliphatic heterocycles. The van der Waals surface area contributed by atoms with Crippen LogP contribution in [-0.4, -0.2) is 10.9 Å². The summed E-state index contributed by atoms with van der Waals surface area (Å²) in [6, 6.07) is 4.54. The topological polar surface area (TPSA) is 64.4 Å². The Bertz CT molecular complexity index is 1100. The van der Waals surface area contributed by atoms with Gasteiger partial charge in [-0.2, -0.15) is 18.2 Å². The molecule has 1 heterocycles. The predicted molar refractivity (Wildman–Crippen MR) is 99.7 cm³/mol. The number of alkyl halides is 3. The Morgan fingerprint density at radius 2 is 1.74 bits per heavy atom. The third-order valence-electron chi connectivity index (χ3n) is 4.45. The minimum Gasteiger partial charge on any atom is -0.416 e. The molecule has 0 radical (unpaired) electrons. The number of oxazole rings is 1. The van der Waals surface area contributed by atoms with Gasteiger partial charge < -0.3 is 14.5 Å². The normalized spacial score (nSPS) is 12.5. The highest BCUT2D eigenvalue weighted by Crippen LogP contribution is 2.33. The van der Waals surface area contributed by atoms with Crippen LogP contribution in [0.15, 0.2) is 41.0 Å². The van der Waals surface area contributed by atoms with E-state index in [2.05, 4.69) is 10.3 Å². The Labute approximate surface area is 173 Å². The van der Waals surface area contributed by atoms with Gasteiger partial charge in [0.1, 0.15) is 23.6 Å². The van der Waals surface area contributed by atoms with Crippen LogP contribution in [0, 0.1) is 25.5 Å². The maximum absolute atomic E-state index is 13.7. The Morgan fingerprint density at radius 3 is 2.35 bits per heavy atom. The van der Waals surface area contributed by atoms with Crippen LogP contribution in [0.3, 0.4) is 0 Å². The van der Waals surface area contributed by atoms with Crippen LogP contribution in [0.2, 0.25) is 0 Å². The highest BCUT2D eigenvalue weighted by atomic mass is 19.4. The molecule has 1 atom stereocenters. The summed E-state index contributed by atoms with van der Waals surface area (Å²) in [6.45, 7) is 4.28. The van der Waals surface area contributed by atoms with Gasteiger partial charge in [-0.05, 0) is 62.2 Å². The van der Waals surface area contributed by atoms with Gasteiger partial charge in [-0.1, -0.05) is 0 Å². The molecule has 0 fully saturated rings. The summed E-state index contributed by atoms with van der Waals surface area (Å²) in [5, 5.41) is 2.50. The Hall–Kier alpha value is -3.43. The first kappa shape index (κ1) is 22.3. The van der Waals surface area contributed by atoms with Crippen molar-refractivity contribution in [3.8, 4) is 11.8 Å². The molecule has 0 aliphatic carbocycles. The number of aryl methyl sites for hydroxylation is 1. The van der Waals surface area contributed by atoms with Crippen molar-refractivity contribution in [1.29, 1.82) is 0 Å². The molecule has 10 heteroatoms. The molecule has 0 saturated carbocycles. The second-order valence-corrected chi connectivity index (χ2v) is 6.94. The number of amides is 1. The molecule has 3 rings (SSSR count). The van der Waals surface area contributed by atoms with Crippen molar-refractivity contribution in [2.75, 3.05) is 0 Å². The molecule has 164 valence electrons. The van der Waals surface area contributed by atoms with Gasteiger partial charge in [-0.25, -0.2) is 8.78 Å². The van der Waals surface area contributed by atoms with Crippen LogP contribution < -0.4 is 10.1 Å². The molecule has 0 saturated heterocycles. The molecular formula is C21H17F5N2O3. The highest BCUT2D eigenvalue weighted by Gasteiger charge is 2.31. The van der Waals surface area contributed by atoms with Crippen molar-refractivity contribution in [3.63, 3.8) is 0 Å². The summed E-state index contributed by atoms with van der Waals surface area (Å²) in [5.41, 5.74) is -0.753. The van der Waals surface area contributed by atoms with Gasteiger partial charge in [-0.15, -0.1) is 0 Å². The number of hydrogen-bond acceptors (Lipinski definition) is 4. The molecule has 0 aliphatic rings. The molecule has 1 aromatic heterocycles. The second kappa shape index (κ2) is 8.37. The van der Waals surface area contributed by atoms with Gasteiger partial charge in [0.05, 0.1) is 11.6 Å². The molecule has 2 aromatic carbocycles. The molecule has 3 aromatic rings. The fraction of sp³-hybridized carbons (Fsp3) is 0.238. The summed E-state index contributed by atoms with van der Waals surface area (Å²) in [6.07, 6.45) is -4.05. The smallest absolute Gasteiger partial charge is 0.416 e. The predicted octanol–water partition coefficient (Wildman–Crippen LogP) is 5.87. The number of halogens is 5. The zero-order valence-corrected chi connectivity index (χ0v) is 16.6. The molecule has 1 N–H and O–H groups in total. The van der Waals surface area contributed by atoms with Gasteiger partial charge in [0.15, 0.2) is 5.69 Å². The molecule has 1 amide bonds. The molecular weight excluding hydrogens is 423 g/mol. The van der Waals surface area contributed by atoms with Crippen LogP contribution in [0.4, 0.5) is 22.0 Å². The number of carbonyl (C=O) groups is 1. The Kier molecular flexibility index (Phi) is 6.01. The summed E-state index contributed by atoms with van der Waals surface area (Å²) in [4.78, 5) is 16.1. The maximum Gasteiger partial charge on any atom is 0.416 e. The first-order chi connectivity index (χ1) is 14.4. The quantitative estimate of drug-likeness (QED) is 0.504. The molecule has 0 unspecified atom stereocenters. The number of carbonyl (C=O) groups excluding carboxylic acids is 1. The van der Waals surface area contributed by atoms with Crippen LogP contribution in [-0.2, 0) is 6.18 Å². The monoisotopic (exact) mass is 440 g/mol. The average Bonchev–Trinajstić information content (AvgIpc) is 3.13. The van der Waals surface area contributed by atoms with E-state index in [0.29, 0.717) is 5.56 Å². The second-order valence-electron chi connectivity index (χ2n) is 6.94. The average molecular weight is 440 g/mol. The van der Waals surface area contributed by atoms with E-state index in [-0.39, 0.29) is 22.6 Å². The zero-order valence-electron chi connectivity index (χ0n) is 16.6. The van der Waals surface area contributed by atoms with E-state index in [0.717, 1.165) is 30.5 Å². The van der Waals surface area contributed by atoms with Gasteiger partial charge in [0.2, 0.25) is 0 Å².